The molecule has 0 N–H and O–H groups in total. The molecule has 0 aromatic rings. The van der Waals surface area contributed by atoms with Gasteiger partial charge >= 0.3 is 24.5 Å². The summed E-state index contributed by atoms with van der Waals surface area (Å²) in [4.78, 5) is 7.81. The topological polar surface area (TPSA) is 29.5 Å². The Labute approximate surface area is 71.0 Å². The van der Waals surface area contributed by atoms with Gasteiger partial charge in [0, 0.05) is 0 Å². The van der Waals surface area contributed by atoms with Crippen LogP contribution < -0.4 is 0 Å². The van der Waals surface area contributed by atoms with E-state index in [4.69, 9.17) is 0 Å². The number of carbonyl (C=O) groups excluding carboxylic acids is 1. The van der Waals surface area contributed by atoms with Gasteiger partial charge in [-0.2, -0.15) is 17.6 Å². The lowest BCUT2D eigenvalue weighted by Gasteiger charge is -2.23. The Morgan fingerprint density at radius 1 is 1.14 bits per heavy atom. The third kappa shape index (κ3) is 1.24. The molecule has 1 aliphatic heterocycles. The highest BCUT2D eigenvalue weighted by Crippen LogP contribution is 2.48. The Morgan fingerprint density at radius 2 is 1.57 bits per heavy atom. The molecule has 0 aliphatic carbocycles. The summed E-state index contributed by atoms with van der Waals surface area (Å²) in [6.07, 6.45) is -14.3. The van der Waals surface area contributed by atoms with Gasteiger partial charge in [0.2, 0.25) is 0 Å². The zero-order valence-electron chi connectivity index (χ0n) is 5.91. The lowest BCUT2D eigenvalue weighted by molar-refractivity contribution is -0.366. The molecule has 0 saturated carbocycles. The highest BCUT2D eigenvalue weighted by atomic mass is 19.4. The third-order valence-electron chi connectivity index (χ3n) is 1.28. The van der Waals surface area contributed by atoms with Gasteiger partial charge in [-0.1, -0.05) is 0 Å². The van der Waals surface area contributed by atoms with E-state index in [2.05, 4.69) is 4.74 Å². The average molecular weight is 227 g/mol. The summed E-state index contributed by atoms with van der Waals surface area (Å²) in [5.41, 5.74) is 0. The van der Waals surface area contributed by atoms with Crippen LogP contribution in [-0.2, 0) is 4.74 Å². The fourth-order valence-corrected chi connectivity index (χ4v) is 0.724. The first-order valence-electron chi connectivity index (χ1n) is 2.86. The molecule has 0 aromatic carbocycles. The van der Waals surface area contributed by atoms with Crippen LogP contribution >= 0.6 is 0 Å². The van der Waals surface area contributed by atoms with Gasteiger partial charge in [-0.3, -0.25) is 0 Å². The first-order valence-corrected chi connectivity index (χ1v) is 2.86. The number of amides is 1. The molecule has 10 heteroatoms. The molecule has 1 amide bonds. The van der Waals surface area contributed by atoms with Crippen LogP contribution in [0.3, 0.4) is 0 Å². The molecule has 0 radical (unpaired) electrons. The van der Waals surface area contributed by atoms with Crippen LogP contribution in [0.4, 0.5) is 35.5 Å². The second-order valence-corrected chi connectivity index (χ2v) is 2.23. The van der Waals surface area contributed by atoms with E-state index in [0.717, 1.165) is 0 Å². The molecular formula is C4F7NO2. The number of rotatable bonds is 0. The van der Waals surface area contributed by atoms with Crippen molar-refractivity contribution in [3.8, 4) is 0 Å². The number of carbonyl (C=O) groups is 1. The molecular weight excluding hydrogens is 227 g/mol. The van der Waals surface area contributed by atoms with Gasteiger partial charge in [-0.25, -0.2) is 4.79 Å². The second-order valence-electron chi connectivity index (χ2n) is 2.23. The number of hydrogen-bond donors (Lipinski definition) is 0. The van der Waals surface area contributed by atoms with E-state index >= 15 is 0 Å². The van der Waals surface area contributed by atoms with Gasteiger partial charge in [0.15, 0.2) is 0 Å². The Kier molecular flexibility index (Phi) is 1.88. The summed E-state index contributed by atoms with van der Waals surface area (Å²) in [7, 11) is 0. The number of halogens is 7. The molecule has 0 spiro atoms. The van der Waals surface area contributed by atoms with Crippen LogP contribution in [0.15, 0.2) is 0 Å². The Morgan fingerprint density at radius 3 is 1.71 bits per heavy atom. The number of cyclic esters (lactones) is 1. The van der Waals surface area contributed by atoms with E-state index in [-0.39, 0.29) is 0 Å². The Balaban J connectivity index is 3.16. The number of alkyl halides is 7. The Bertz CT molecular complexity index is 271. The van der Waals surface area contributed by atoms with Crippen molar-refractivity contribution >= 4 is 6.09 Å². The maximum absolute atomic E-state index is 12.2. The minimum atomic E-state index is -5.93. The van der Waals surface area contributed by atoms with Gasteiger partial charge in [0.05, 0.1) is 0 Å². The highest BCUT2D eigenvalue weighted by molar-refractivity contribution is 5.71. The van der Waals surface area contributed by atoms with E-state index in [1.807, 2.05) is 0 Å². The minimum Gasteiger partial charge on any atom is -0.377 e. The maximum Gasteiger partial charge on any atom is 0.494 e. The van der Waals surface area contributed by atoms with Crippen LogP contribution in [0.5, 0.6) is 0 Å². The first-order chi connectivity index (χ1) is 6.00. The molecule has 14 heavy (non-hydrogen) atoms. The number of hydrogen-bond acceptors (Lipinski definition) is 2. The van der Waals surface area contributed by atoms with Crippen molar-refractivity contribution in [2.24, 2.45) is 0 Å². The van der Waals surface area contributed by atoms with E-state index in [1.54, 1.807) is 0 Å². The van der Waals surface area contributed by atoms with Crippen molar-refractivity contribution in [2.75, 3.05) is 0 Å². The van der Waals surface area contributed by atoms with E-state index in [1.165, 1.54) is 0 Å². The van der Waals surface area contributed by atoms with E-state index in [9.17, 15) is 35.5 Å². The van der Waals surface area contributed by atoms with Gasteiger partial charge in [-0.15, -0.1) is 18.1 Å². The van der Waals surface area contributed by atoms with Gasteiger partial charge in [0.25, 0.3) is 0 Å². The summed E-state index contributed by atoms with van der Waals surface area (Å²) in [6.45, 7) is 0. The Hall–Kier alpha value is -1.22. The van der Waals surface area contributed by atoms with Crippen molar-refractivity contribution in [2.45, 2.75) is 18.5 Å². The predicted molar refractivity (Wildman–Crippen MR) is 24.3 cm³/mol. The molecule has 1 saturated heterocycles. The molecule has 1 aliphatic rings. The first kappa shape index (κ1) is 10.9. The van der Waals surface area contributed by atoms with Crippen molar-refractivity contribution in [3.05, 3.63) is 0 Å². The summed E-state index contributed by atoms with van der Waals surface area (Å²) in [6, 6.07) is -5.73. The fourth-order valence-electron chi connectivity index (χ4n) is 0.724. The van der Waals surface area contributed by atoms with Crippen molar-refractivity contribution in [3.63, 3.8) is 0 Å². The summed E-state index contributed by atoms with van der Waals surface area (Å²) in [5, 5.41) is 0. The van der Waals surface area contributed by atoms with E-state index < -0.39 is 29.4 Å². The number of nitrogens with zero attached hydrogens (tertiary/aromatic N) is 1. The van der Waals surface area contributed by atoms with Crippen molar-refractivity contribution in [1.82, 2.24) is 4.90 Å². The van der Waals surface area contributed by atoms with E-state index in [0.29, 0.717) is 0 Å². The summed E-state index contributed by atoms with van der Waals surface area (Å²) >= 11 is 0. The minimum absolute atomic E-state index is 2.26. The number of ether oxygens (including phenoxy) is 1. The molecule has 0 bridgehead atoms. The normalized spacial score (nSPS) is 25.1. The smallest absolute Gasteiger partial charge is 0.377 e. The zero-order valence-corrected chi connectivity index (χ0v) is 5.91. The van der Waals surface area contributed by atoms with Crippen LogP contribution in [0.25, 0.3) is 0 Å². The molecule has 0 unspecified atom stereocenters. The lowest BCUT2D eigenvalue weighted by Crippen LogP contribution is -2.53. The lowest BCUT2D eigenvalue weighted by atomic mass is 10.5. The molecule has 0 atom stereocenters. The fraction of sp³-hybridized carbons (Fsp3) is 0.750. The van der Waals surface area contributed by atoms with Gasteiger partial charge in [0.1, 0.15) is 0 Å². The molecule has 82 valence electrons. The summed E-state index contributed by atoms with van der Waals surface area (Å²) in [5.74, 6) is 0. The largest absolute Gasteiger partial charge is 0.494 e. The van der Waals surface area contributed by atoms with Crippen LogP contribution in [0.1, 0.15) is 0 Å². The van der Waals surface area contributed by atoms with Crippen molar-refractivity contribution in [1.29, 1.82) is 0 Å². The average Bonchev–Trinajstić information content (AvgIpc) is 1.93. The molecule has 1 heterocycles. The van der Waals surface area contributed by atoms with Crippen LogP contribution in [0, 0.1) is 0 Å². The standard InChI is InChI=1S/C4F7NO2/c5-2(6)3(7,8)14-1(13)12(2)4(9,10)11. The highest BCUT2D eigenvalue weighted by Gasteiger charge is 2.78. The van der Waals surface area contributed by atoms with Crippen molar-refractivity contribution < 1.29 is 40.3 Å². The quantitative estimate of drug-likeness (QED) is 0.468. The zero-order chi connectivity index (χ0) is 11.4. The molecule has 1 rings (SSSR count). The van der Waals surface area contributed by atoms with Gasteiger partial charge in [-0.05, 0) is 0 Å². The van der Waals surface area contributed by atoms with Gasteiger partial charge < -0.3 is 4.74 Å². The molecule has 3 nitrogen and oxygen atoms in total. The monoisotopic (exact) mass is 227 g/mol. The van der Waals surface area contributed by atoms with Crippen LogP contribution in [-0.4, -0.2) is 29.4 Å². The second kappa shape index (κ2) is 2.42. The maximum atomic E-state index is 12.2. The third-order valence-corrected chi connectivity index (χ3v) is 1.28. The SMILES string of the molecule is O=C1OC(F)(F)C(F)(F)N1C(F)(F)F. The molecule has 1 fully saturated rings. The molecule has 0 aromatic heterocycles. The summed E-state index contributed by atoms with van der Waals surface area (Å²) < 4.78 is 86.1. The predicted octanol–water partition coefficient (Wildman–Crippen LogP) is 2.14. The van der Waals surface area contributed by atoms with Crippen LogP contribution in [0.2, 0.25) is 0 Å².